The maximum Gasteiger partial charge on any atom is 0.319 e. The Bertz CT molecular complexity index is 339. The minimum Gasteiger partial charge on any atom is -0.465 e. The molecule has 1 saturated heterocycles. The molecule has 1 heterocycles. The first-order chi connectivity index (χ1) is 8.37. The second-order valence-corrected chi connectivity index (χ2v) is 5.08. The molecule has 0 radical (unpaired) electrons. The van der Waals surface area contributed by atoms with Gasteiger partial charge in [0.05, 0.1) is 13.2 Å². The van der Waals surface area contributed by atoms with Crippen LogP contribution in [-0.4, -0.2) is 48.7 Å². The van der Waals surface area contributed by atoms with Crippen molar-refractivity contribution in [2.75, 3.05) is 26.2 Å². The van der Waals surface area contributed by atoms with Crippen LogP contribution in [0.3, 0.4) is 0 Å². The number of carbonyl (C=O) groups is 3. The van der Waals surface area contributed by atoms with Gasteiger partial charge in [-0.3, -0.25) is 19.3 Å². The molecule has 5 heteroatoms. The fourth-order valence-electron chi connectivity index (χ4n) is 1.79. The zero-order chi connectivity index (χ0) is 13.8. The molecule has 18 heavy (non-hydrogen) atoms. The summed E-state index contributed by atoms with van der Waals surface area (Å²) < 4.78 is 4.90. The van der Waals surface area contributed by atoms with Gasteiger partial charge >= 0.3 is 5.97 Å². The number of hydrogen-bond acceptors (Lipinski definition) is 5. The lowest BCUT2D eigenvalue weighted by Gasteiger charge is -2.28. The Morgan fingerprint density at radius 2 is 1.83 bits per heavy atom. The Labute approximate surface area is 107 Å². The van der Waals surface area contributed by atoms with Crippen LogP contribution in [0, 0.1) is 5.41 Å². The highest BCUT2D eigenvalue weighted by atomic mass is 16.5. The van der Waals surface area contributed by atoms with Crippen LogP contribution in [-0.2, 0) is 19.1 Å². The number of hydrogen-bond donors (Lipinski definition) is 0. The summed E-state index contributed by atoms with van der Waals surface area (Å²) in [6.07, 6.45) is 0.986. The van der Waals surface area contributed by atoms with E-state index in [1.807, 2.05) is 4.90 Å². The fourth-order valence-corrected chi connectivity index (χ4v) is 1.79. The molecule has 0 amide bonds. The molecule has 5 nitrogen and oxygen atoms in total. The standard InChI is InChI=1S/C13H21NO4/c1-4-18-12(17)13(2,3)11(16)9-14-7-5-10(15)6-8-14/h4-9H2,1-3H3. The van der Waals surface area contributed by atoms with E-state index in [1.54, 1.807) is 20.8 Å². The monoisotopic (exact) mass is 255 g/mol. The van der Waals surface area contributed by atoms with Gasteiger partial charge in [0.2, 0.25) is 0 Å². The van der Waals surface area contributed by atoms with Crippen molar-refractivity contribution in [3.63, 3.8) is 0 Å². The van der Waals surface area contributed by atoms with E-state index >= 15 is 0 Å². The molecular weight excluding hydrogens is 234 g/mol. The molecule has 0 aromatic heterocycles. The molecule has 1 aliphatic rings. The third-order valence-corrected chi connectivity index (χ3v) is 3.26. The SMILES string of the molecule is CCOC(=O)C(C)(C)C(=O)CN1CCC(=O)CC1. The molecule has 0 aromatic carbocycles. The smallest absolute Gasteiger partial charge is 0.319 e. The predicted octanol–water partition coefficient (Wildman–Crippen LogP) is 0.810. The number of Topliss-reactive ketones (excluding diaryl/α,β-unsaturated/α-hetero) is 2. The second-order valence-electron chi connectivity index (χ2n) is 5.08. The normalized spacial score (nSPS) is 17.6. The Morgan fingerprint density at radius 3 is 2.33 bits per heavy atom. The average Bonchev–Trinajstić information content (AvgIpc) is 2.32. The molecule has 1 rings (SSSR count). The minimum absolute atomic E-state index is 0.157. The number of carbonyl (C=O) groups excluding carboxylic acids is 3. The highest BCUT2D eigenvalue weighted by Gasteiger charge is 2.38. The summed E-state index contributed by atoms with van der Waals surface area (Å²) >= 11 is 0. The van der Waals surface area contributed by atoms with E-state index in [0.29, 0.717) is 25.9 Å². The predicted molar refractivity (Wildman–Crippen MR) is 66.1 cm³/mol. The summed E-state index contributed by atoms with van der Waals surface area (Å²) in [6, 6.07) is 0. The van der Waals surface area contributed by atoms with Gasteiger partial charge in [0, 0.05) is 25.9 Å². The van der Waals surface area contributed by atoms with Crippen molar-refractivity contribution in [3.05, 3.63) is 0 Å². The lowest BCUT2D eigenvalue weighted by Crippen LogP contribution is -2.44. The van der Waals surface area contributed by atoms with Gasteiger partial charge in [0.25, 0.3) is 0 Å². The molecule has 0 N–H and O–H groups in total. The number of piperidine rings is 1. The van der Waals surface area contributed by atoms with E-state index in [1.165, 1.54) is 0 Å². The highest BCUT2D eigenvalue weighted by molar-refractivity contribution is 6.03. The van der Waals surface area contributed by atoms with Crippen LogP contribution in [0.15, 0.2) is 0 Å². The first-order valence-electron chi connectivity index (χ1n) is 6.32. The average molecular weight is 255 g/mol. The van der Waals surface area contributed by atoms with Gasteiger partial charge in [-0.2, -0.15) is 0 Å². The van der Waals surface area contributed by atoms with Crippen molar-refractivity contribution in [2.24, 2.45) is 5.41 Å². The summed E-state index contributed by atoms with van der Waals surface area (Å²) in [7, 11) is 0. The van der Waals surface area contributed by atoms with Gasteiger partial charge in [0.1, 0.15) is 11.2 Å². The maximum atomic E-state index is 12.1. The van der Waals surface area contributed by atoms with Gasteiger partial charge in [-0.15, -0.1) is 0 Å². The van der Waals surface area contributed by atoms with Crippen molar-refractivity contribution in [2.45, 2.75) is 33.6 Å². The lowest BCUT2D eigenvalue weighted by molar-refractivity contribution is -0.158. The summed E-state index contributed by atoms with van der Waals surface area (Å²) in [5.74, 6) is -0.401. The number of ketones is 2. The van der Waals surface area contributed by atoms with E-state index in [0.717, 1.165) is 0 Å². The van der Waals surface area contributed by atoms with E-state index in [2.05, 4.69) is 0 Å². The van der Waals surface area contributed by atoms with Crippen molar-refractivity contribution in [3.8, 4) is 0 Å². The van der Waals surface area contributed by atoms with Crippen molar-refractivity contribution in [1.29, 1.82) is 0 Å². The highest BCUT2D eigenvalue weighted by Crippen LogP contribution is 2.20. The van der Waals surface area contributed by atoms with Crippen LogP contribution >= 0.6 is 0 Å². The first kappa shape index (κ1) is 14.8. The molecule has 1 aliphatic heterocycles. The molecule has 102 valence electrons. The van der Waals surface area contributed by atoms with Crippen molar-refractivity contribution in [1.82, 2.24) is 4.90 Å². The Kier molecular flexibility index (Phi) is 5.02. The molecular formula is C13H21NO4. The molecule has 0 bridgehead atoms. The quantitative estimate of drug-likeness (QED) is 0.537. The van der Waals surface area contributed by atoms with E-state index in [4.69, 9.17) is 4.74 Å². The van der Waals surface area contributed by atoms with Crippen LogP contribution in [0.4, 0.5) is 0 Å². The second kappa shape index (κ2) is 6.09. The summed E-state index contributed by atoms with van der Waals surface area (Å²) in [5.41, 5.74) is -1.11. The molecule has 1 fully saturated rings. The summed E-state index contributed by atoms with van der Waals surface area (Å²) in [6.45, 7) is 6.57. The number of likely N-dealkylation sites (tertiary alicyclic amines) is 1. The fraction of sp³-hybridized carbons (Fsp3) is 0.769. The van der Waals surface area contributed by atoms with Crippen LogP contribution in [0.2, 0.25) is 0 Å². The Morgan fingerprint density at radius 1 is 1.28 bits per heavy atom. The summed E-state index contributed by atoms with van der Waals surface area (Å²) in [5, 5.41) is 0. The zero-order valence-electron chi connectivity index (χ0n) is 11.3. The Hall–Kier alpha value is -1.23. The van der Waals surface area contributed by atoms with E-state index in [9.17, 15) is 14.4 Å². The third-order valence-electron chi connectivity index (χ3n) is 3.26. The van der Waals surface area contributed by atoms with Gasteiger partial charge < -0.3 is 4.74 Å². The number of rotatable bonds is 5. The maximum absolute atomic E-state index is 12.1. The molecule has 0 unspecified atom stereocenters. The van der Waals surface area contributed by atoms with Crippen LogP contribution < -0.4 is 0 Å². The van der Waals surface area contributed by atoms with Gasteiger partial charge in [-0.05, 0) is 20.8 Å². The van der Waals surface area contributed by atoms with E-state index < -0.39 is 11.4 Å². The lowest BCUT2D eigenvalue weighted by atomic mass is 9.87. The van der Waals surface area contributed by atoms with Gasteiger partial charge in [0.15, 0.2) is 5.78 Å². The van der Waals surface area contributed by atoms with Crippen LogP contribution in [0.1, 0.15) is 33.6 Å². The van der Waals surface area contributed by atoms with Crippen molar-refractivity contribution < 1.29 is 19.1 Å². The summed E-state index contributed by atoms with van der Waals surface area (Å²) in [4.78, 5) is 36.8. The van der Waals surface area contributed by atoms with E-state index in [-0.39, 0.29) is 24.7 Å². The Balaban J connectivity index is 2.53. The molecule has 0 aliphatic carbocycles. The van der Waals surface area contributed by atoms with Gasteiger partial charge in [-0.1, -0.05) is 0 Å². The largest absolute Gasteiger partial charge is 0.465 e. The minimum atomic E-state index is -1.11. The number of nitrogens with zero attached hydrogens (tertiary/aromatic N) is 1. The van der Waals surface area contributed by atoms with Crippen LogP contribution in [0.5, 0.6) is 0 Å². The molecule has 0 spiro atoms. The van der Waals surface area contributed by atoms with Crippen molar-refractivity contribution >= 4 is 17.5 Å². The zero-order valence-corrected chi connectivity index (χ0v) is 11.3. The third kappa shape index (κ3) is 3.63. The molecule has 0 atom stereocenters. The topological polar surface area (TPSA) is 63.7 Å². The number of esters is 1. The number of ether oxygens (including phenoxy) is 1. The first-order valence-corrected chi connectivity index (χ1v) is 6.32. The molecule has 0 aromatic rings. The van der Waals surface area contributed by atoms with Gasteiger partial charge in [-0.25, -0.2) is 0 Å². The van der Waals surface area contributed by atoms with Crippen LogP contribution in [0.25, 0.3) is 0 Å². The molecule has 0 saturated carbocycles.